The van der Waals surface area contributed by atoms with Crippen LogP contribution in [0.5, 0.6) is 11.8 Å². The number of piperazine rings is 2. The molecule has 21 nitrogen and oxygen atoms in total. The molecule has 6 aliphatic rings. The number of anilines is 2. The lowest BCUT2D eigenvalue weighted by atomic mass is 9.53. The zero-order valence-electron chi connectivity index (χ0n) is 45.8. The lowest BCUT2D eigenvalue weighted by Crippen LogP contribution is -2.58. The highest BCUT2D eigenvalue weighted by Crippen LogP contribution is 2.57. The molecule has 4 saturated carbocycles. The van der Waals surface area contributed by atoms with E-state index < -0.39 is 11.8 Å². The van der Waals surface area contributed by atoms with Gasteiger partial charge in [0.15, 0.2) is 5.69 Å². The van der Waals surface area contributed by atoms with Gasteiger partial charge in [0.05, 0.1) is 19.5 Å². The summed E-state index contributed by atoms with van der Waals surface area (Å²) in [5.41, 5.74) is 22.6. The number of carbonyl (C=O) groups excluding carboxylic acids is 4. The van der Waals surface area contributed by atoms with Gasteiger partial charge in [-0.2, -0.15) is 0 Å². The number of carbonyl (C=O) groups is 4. The van der Waals surface area contributed by atoms with Crippen LogP contribution in [-0.4, -0.2) is 174 Å². The van der Waals surface area contributed by atoms with E-state index in [1.165, 1.54) is 7.11 Å². The molecule has 8 heterocycles. The zero-order chi connectivity index (χ0) is 55.3. The number of likely N-dealkylation sites (N-methyl/N-ethyl adjacent to an activating group) is 2. The Labute approximate surface area is 460 Å². The standard InChI is InChI=1S/C26H31N7O3.C14H18N4O2.C13H17N3O2.3CH3.Al/c1-31-7-9-32(10-8-31)18-4-6-33-21(16-29-22(33)11-18)24(35)30-17-12-26(13-17)14-19(15-26)36-25-20(23(27)34)3-2-5-28-25;1-16-5-7-17(8-6-16)11-3-4-18-12(14(19)20-2)10-15-13(18)9-11;14-8-4-13(5-8)6-9(7-13)18-12-10(11(15)17)2-1-3-16-12;;;;/h2-6,11,16-17,19H,7-10,12-15H2,1H3,(H2,27,34)(H,30,35);3-4,9-10H,5-8H2,1-2H3;1-3,8-9H,4-7,14H2,(H2,15,17);3*1H3;. The van der Waals surface area contributed by atoms with Gasteiger partial charge in [-0.15, -0.1) is 17.4 Å². The first-order chi connectivity index (χ1) is 37.4. The number of esters is 1. The van der Waals surface area contributed by atoms with Crippen LogP contribution < -0.4 is 41.8 Å². The molecule has 22 heteroatoms. The van der Waals surface area contributed by atoms with Crippen molar-refractivity contribution >= 4 is 60.5 Å². The van der Waals surface area contributed by atoms with Crippen molar-refractivity contribution in [2.45, 2.75) is 93.0 Å². The van der Waals surface area contributed by atoms with Crippen molar-refractivity contribution in [2.24, 2.45) is 28.0 Å². The molecule has 7 N–H and O–H groups in total. The second-order valence-electron chi connectivity index (χ2n) is 22.8. The molecular formula is C56H75AlN14O7. The normalized spacial score (nSPS) is 24.3. The van der Waals surface area contributed by atoms with Crippen molar-refractivity contribution in [3.05, 3.63) is 108 Å². The van der Waals surface area contributed by atoms with Crippen LogP contribution in [0.4, 0.5) is 11.4 Å². The topological polar surface area (TPSA) is 259 Å². The summed E-state index contributed by atoms with van der Waals surface area (Å²) in [5, 5.41) is 3.18. The van der Waals surface area contributed by atoms with Crippen LogP contribution in [0, 0.1) is 10.8 Å². The van der Waals surface area contributed by atoms with Gasteiger partial charge in [-0.25, -0.2) is 24.7 Å². The molecule has 2 saturated heterocycles. The van der Waals surface area contributed by atoms with E-state index in [-0.39, 0.29) is 49.7 Å². The largest absolute Gasteiger partial charge is 0.474 e. The Morgan fingerprint density at radius 1 is 0.615 bits per heavy atom. The predicted octanol–water partition coefficient (Wildman–Crippen LogP) is 4.77. The molecule has 3 amide bonds. The first-order valence-electron chi connectivity index (χ1n) is 27.2. The molecule has 6 aromatic rings. The monoisotopic (exact) mass is 1080 g/mol. The quantitative estimate of drug-likeness (QED) is 0.101. The van der Waals surface area contributed by atoms with Crippen LogP contribution in [0.15, 0.2) is 85.7 Å². The molecule has 0 bridgehead atoms. The Morgan fingerprint density at radius 2 is 1.04 bits per heavy atom. The third kappa shape index (κ3) is 13.0. The van der Waals surface area contributed by atoms with Crippen LogP contribution in [0.3, 0.4) is 0 Å². The molecule has 6 fully saturated rings. The van der Waals surface area contributed by atoms with Crippen molar-refractivity contribution in [1.82, 2.24) is 43.9 Å². The van der Waals surface area contributed by atoms with Gasteiger partial charge in [0.1, 0.15) is 40.3 Å². The molecule has 2 spiro atoms. The highest BCUT2D eigenvalue weighted by atomic mass is 27.2. The molecule has 0 radical (unpaired) electrons. The maximum Gasteiger partial charge on any atom is 0.356 e. The number of hydrogen-bond acceptors (Lipinski definition) is 16. The molecule has 6 aromatic heterocycles. The number of hydrogen-bond donors (Lipinski definition) is 4. The van der Waals surface area contributed by atoms with Gasteiger partial charge >= 0.3 is 5.97 Å². The maximum atomic E-state index is 13.0. The predicted molar refractivity (Wildman–Crippen MR) is 300 cm³/mol. The first kappa shape index (κ1) is 55.9. The van der Waals surface area contributed by atoms with Gasteiger partial charge in [-0.3, -0.25) is 23.2 Å². The van der Waals surface area contributed by atoms with Gasteiger partial charge in [0, 0.05) is 113 Å². The fourth-order valence-electron chi connectivity index (χ4n) is 11.6. The molecule has 12 rings (SSSR count). The van der Waals surface area contributed by atoms with Gasteiger partial charge in [-0.1, -0.05) is 0 Å². The summed E-state index contributed by atoms with van der Waals surface area (Å²) in [6.07, 6.45) is 18.2. The molecule has 2 aliphatic heterocycles. The number of aromatic nitrogens is 6. The van der Waals surface area contributed by atoms with Gasteiger partial charge < -0.3 is 56.3 Å². The summed E-state index contributed by atoms with van der Waals surface area (Å²) >= 11 is -0.139. The number of rotatable bonds is 11. The average Bonchev–Trinajstić information content (AvgIpc) is 4.09. The Kier molecular flexibility index (Phi) is 17.2. The Hall–Kier alpha value is -6.83. The number of nitrogens with one attached hydrogen (secondary N) is 1. The highest BCUT2D eigenvalue weighted by Gasteiger charge is 2.55. The van der Waals surface area contributed by atoms with E-state index >= 15 is 0 Å². The van der Waals surface area contributed by atoms with Gasteiger partial charge in [0.2, 0.25) is 11.8 Å². The Morgan fingerprint density at radius 3 is 1.46 bits per heavy atom. The van der Waals surface area contributed by atoms with E-state index in [0.29, 0.717) is 45.7 Å². The molecule has 0 atom stereocenters. The smallest absolute Gasteiger partial charge is 0.356 e. The lowest BCUT2D eigenvalue weighted by molar-refractivity contribution is -0.0848. The van der Waals surface area contributed by atoms with Crippen LogP contribution in [-0.2, 0) is 4.74 Å². The summed E-state index contributed by atoms with van der Waals surface area (Å²) in [5.74, 6) is 6.07. The van der Waals surface area contributed by atoms with Crippen LogP contribution >= 0.6 is 0 Å². The fraction of sp³-hybridized carbons (Fsp3) is 0.500. The van der Waals surface area contributed by atoms with Gasteiger partial charge in [0.25, 0.3) is 31.9 Å². The lowest BCUT2D eigenvalue weighted by Gasteiger charge is -2.57. The fourth-order valence-corrected chi connectivity index (χ4v) is 11.6. The number of nitrogens with two attached hydrogens (primary N) is 3. The molecule has 0 aromatic carbocycles. The number of nitrogens with zero attached hydrogens (tertiary/aromatic N) is 10. The van der Waals surface area contributed by atoms with Crippen molar-refractivity contribution < 1.29 is 33.4 Å². The average molecular weight is 1080 g/mol. The summed E-state index contributed by atoms with van der Waals surface area (Å²) in [4.78, 5) is 73.8. The van der Waals surface area contributed by atoms with E-state index in [1.807, 2.05) is 28.9 Å². The number of amides is 3. The number of fused-ring (bicyclic) bond motifs is 2. The first-order valence-corrected chi connectivity index (χ1v) is 30.6. The summed E-state index contributed by atoms with van der Waals surface area (Å²) in [6, 6.07) is 15.3. The minimum absolute atomic E-state index is 0.0166. The third-order valence-electron chi connectivity index (χ3n) is 15.7. The molecule has 0 unspecified atom stereocenters. The second kappa shape index (κ2) is 24.0. The van der Waals surface area contributed by atoms with Gasteiger partial charge in [-0.05, 0) is 113 Å². The van der Waals surface area contributed by atoms with Crippen molar-refractivity contribution in [2.75, 3.05) is 83.4 Å². The van der Waals surface area contributed by atoms with Crippen LogP contribution in [0.25, 0.3) is 11.3 Å². The maximum absolute atomic E-state index is 13.0. The molecule has 78 heavy (non-hydrogen) atoms. The van der Waals surface area contributed by atoms with Crippen molar-refractivity contribution in [3.63, 3.8) is 0 Å². The molecular weight excluding hydrogens is 1010 g/mol. The van der Waals surface area contributed by atoms with E-state index in [1.54, 1.807) is 53.5 Å². The second-order valence-corrected chi connectivity index (χ2v) is 26.3. The number of pyridine rings is 4. The minimum atomic E-state index is -0.540. The SMILES string of the molecule is CN1CCN(c2ccn3c(C(=O)NC4CC5(C4)CC(Oc4ncccc4C(N)=O)C5)cnc3c2)CC1.COC(=O)c1cnc2cc(N3CCN(C)CC3)ccn12.NC(=O)c1cccnc1OC1CC2(CC(N)C2)C1.[CH3][Al]([CH3])[CH3]. The molecule has 414 valence electrons. The Bertz CT molecular complexity index is 3070. The van der Waals surface area contributed by atoms with Crippen LogP contribution in [0.1, 0.15) is 93.1 Å². The highest BCUT2D eigenvalue weighted by molar-refractivity contribution is 6.54. The number of primary amides is 2. The summed E-state index contributed by atoms with van der Waals surface area (Å²) < 4.78 is 20.1. The van der Waals surface area contributed by atoms with E-state index in [4.69, 9.17) is 31.4 Å². The third-order valence-corrected chi connectivity index (χ3v) is 15.7. The summed E-state index contributed by atoms with van der Waals surface area (Å²) in [7, 11) is 5.66. The number of ether oxygens (including phenoxy) is 3. The molecule has 4 aliphatic carbocycles. The van der Waals surface area contributed by atoms with Crippen molar-refractivity contribution in [1.29, 1.82) is 0 Å². The van der Waals surface area contributed by atoms with Crippen LogP contribution in [0.2, 0.25) is 17.4 Å². The summed E-state index contributed by atoms with van der Waals surface area (Å²) in [6.45, 7) is 8.21. The number of imidazole rings is 2. The van der Waals surface area contributed by atoms with E-state index in [2.05, 4.69) is 88.4 Å². The van der Waals surface area contributed by atoms with E-state index in [9.17, 15) is 19.2 Å². The van der Waals surface area contributed by atoms with Crippen molar-refractivity contribution in [3.8, 4) is 11.8 Å². The Balaban J connectivity index is 0.000000149. The number of methoxy groups -OCH3 is 1. The van der Waals surface area contributed by atoms with E-state index in [0.717, 1.165) is 126 Å². The minimum Gasteiger partial charge on any atom is -0.474 e. The zero-order valence-corrected chi connectivity index (χ0v) is 47.0.